The van der Waals surface area contributed by atoms with Gasteiger partial charge in [-0.3, -0.25) is 4.79 Å². The number of nitrogens with zero attached hydrogens (tertiary/aromatic N) is 1. The van der Waals surface area contributed by atoms with Gasteiger partial charge in [-0.1, -0.05) is 0 Å². The minimum Gasteiger partial charge on any atom is -0.480 e. The molecule has 0 saturated heterocycles. The Kier molecular flexibility index (Phi) is 8.22. The summed E-state index contributed by atoms with van der Waals surface area (Å²) >= 11 is 0. The first kappa shape index (κ1) is 17.1. The number of ether oxygens (including phenoxy) is 1. The number of methoxy groups -OCH3 is 1. The van der Waals surface area contributed by atoms with E-state index in [9.17, 15) is 14.4 Å². The predicted molar refractivity (Wildman–Crippen MR) is 64.3 cm³/mol. The smallest absolute Gasteiger partial charge is 0.326 e. The van der Waals surface area contributed by atoms with E-state index in [1.54, 1.807) is 0 Å². The summed E-state index contributed by atoms with van der Waals surface area (Å²) in [7, 11) is 1.45. The molecule has 0 bridgehead atoms. The Balaban J connectivity index is 4.55. The van der Waals surface area contributed by atoms with Crippen LogP contribution in [0.5, 0.6) is 0 Å². The standard InChI is InChI=1S/C10H19N3O6/c1-19-5-3-13(2-4-14)10(18)12-7(9(16)17)6-8(11)15/h7,14H,2-6H2,1H3,(H2,11,15)(H,12,18)(H,16,17). The zero-order chi connectivity index (χ0) is 14.8. The number of carbonyl (C=O) groups is 3. The van der Waals surface area contributed by atoms with Crippen molar-refractivity contribution < 1.29 is 29.3 Å². The molecular weight excluding hydrogens is 258 g/mol. The topological polar surface area (TPSA) is 142 Å². The normalized spacial score (nSPS) is 11.7. The summed E-state index contributed by atoms with van der Waals surface area (Å²) < 4.78 is 4.79. The number of amides is 3. The van der Waals surface area contributed by atoms with E-state index in [0.717, 1.165) is 0 Å². The van der Waals surface area contributed by atoms with Gasteiger partial charge < -0.3 is 30.9 Å². The molecule has 1 atom stereocenters. The average molecular weight is 277 g/mol. The fourth-order valence-corrected chi connectivity index (χ4v) is 1.28. The molecule has 5 N–H and O–H groups in total. The zero-order valence-corrected chi connectivity index (χ0v) is 10.7. The summed E-state index contributed by atoms with van der Waals surface area (Å²) in [6.07, 6.45) is -0.502. The fraction of sp³-hybridized carbons (Fsp3) is 0.700. The molecule has 9 nitrogen and oxygen atoms in total. The molecule has 0 aliphatic heterocycles. The third-order valence-corrected chi connectivity index (χ3v) is 2.22. The van der Waals surface area contributed by atoms with Crippen LogP contribution in [0.4, 0.5) is 4.79 Å². The van der Waals surface area contributed by atoms with Crippen LogP contribution in [0.2, 0.25) is 0 Å². The Hall–Kier alpha value is -1.87. The van der Waals surface area contributed by atoms with Gasteiger partial charge >= 0.3 is 12.0 Å². The number of aliphatic hydroxyl groups is 1. The highest BCUT2D eigenvalue weighted by atomic mass is 16.5. The van der Waals surface area contributed by atoms with Crippen LogP contribution in [0.1, 0.15) is 6.42 Å². The van der Waals surface area contributed by atoms with E-state index >= 15 is 0 Å². The van der Waals surface area contributed by atoms with Crippen LogP contribution in [-0.2, 0) is 14.3 Å². The number of hydrogen-bond acceptors (Lipinski definition) is 5. The van der Waals surface area contributed by atoms with Crippen LogP contribution in [-0.4, -0.2) is 72.5 Å². The summed E-state index contributed by atoms with van der Waals surface area (Å²) in [6, 6.07) is -2.10. The van der Waals surface area contributed by atoms with Crippen LogP contribution in [0.15, 0.2) is 0 Å². The van der Waals surface area contributed by atoms with Crippen molar-refractivity contribution in [1.29, 1.82) is 0 Å². The van der Waals surface area contributed by atoms with Crippen molar-refractivity contribution in [1.82, 2.24) is 10.2 Å². The van der Waals surface area contributed by atoms with E-state index in [2.05, 4.69) is 5.32 Å². The minimum absolute atomic E-state index is 0.0259. The molecule has 1 unspecified atom stereocenters. The van der Waals surface area contributed by atoms with Crippen LogP contribution >= 0.6 is 0 Å². The van der Waals surface area contributed by atoms with Crippen molar-refractivity contribution in [3.63, 3.8) is 0 Å². The third kappa shape index (κ3) is 7.21. The lowest BCUT2D eigenvalue weighted by molar-refractivity contribution is -0.140. The maximum Gasteiger partial charge on any atom is 0.326 e. The summed E-state index contributed by atoms with van der Waals surface area (Å²) in [6.45, 7) is 0.176. The molecule has 0 saturated carbocycles. The van der Waals surface area contributed by atoms with Crippen molar-refractivity contribution in [3.05, 3.63) is 0 Å². The first-order valence-corrected chi connectivity index (χ1v) is 5.58. The second-order valence-corrected chi connectivity index (χ2v) is 3.71. The van der Waals surface area contributed by atoms with E-state index < -0.39 is 30.4 Å². The van der Waals surface area contributed by atoms with Crippen molar-refractivity contribution >= 4 is 17.9 Å². The summed E-state index contributed by atoms with van der Waals surface area (Å²) in [4.78, 5) is 34.5. The number of nitrogens with one attached hydrogen (secondary N) is 1. The van der Waals surface area contributed by atoms with Gasteiger partial charge in [0, 0.05) is 20.2 Å². The van der Waals surface area contributed by atoms with Crippen molar-refractivity contribution in [2.75, 3.05) is 33.4 Å². The van der Waals surface area contributed by atoms with E-state index in [1.807, 2.05) is 0 Å². The minimum atomic E-state index is -1.39. The van der Waals surface area contributed by atoms with Gasteiger partial charge in [-0.2, -0.15) is 0 Å². The second-order valence-electron chi connectivity index (χ2n) is 3.71. The maximum absolute atomic E-state index is 11.8. The Bertz CT molecular complexity index is 322. The fourth-order valence-electron chi connectivity index (χ4n) is 1.28. The number of urea groups is 1. The van der Waals surface area contributed by atoms with Gasteiger partial charge in [0.1, 0.15) is 6.04 Å². The number of primary amides is 1. The number of carboxylic acids is 1. The van der Waals surface area contributed by atoms with Crippen LogP contribution in [0.25, 0.3) is 0 Å². The van der Waals surface area contributed by atoms with Gasteiger partial charge in [-0.15, -0.1) is 0 Å². The number of rotatable bonds is 9. The van der Waals surface area contributed by atoms with Crippen molar-refractivity contribution in [2.24, 2.45) is 5.73 Å². The van der Waals surface area contributed by atoms with E-state index in [4.69, 9.17) is 20.7 Å². The molecule has 0 radical (unpaired) electrons. The average Bonchev–Trinajstić information content (AvgIpc) is 2.32. The molecule has 9 heteroatoms. The lowest BCUT2D eigenvalue weighted by atomic mass is 10.2. The molecule has 0 aromatic rings. The quantitative estimate of drug-likeness (QED) is 0.382. The van der Waals surface area contributed by atoms with Crippen molar-refractivity contribution in [3.8, 4) is 0 Å². The molecule has 0 rings (SSSR count). The van der Waals surface area contributed by atoms with Crippen LogP contribution in [0, 0.1) is 0 Å². The maximum atomic E-state index is 11.8. The number of carbonyl (C=O) groups excluding carboxylic acids is 2. The van der Waals surface area contributed by atoms with Crippen LogP contribution in [0.3, 0.4) is 0 Å². The van der Waals surface area contributed by atoms with E-state index in [0.29, 0.717) is 0 Å². The zero-order valence-electron chi connectivity index (χ0n) is 10.7. The first-order chi connectivity index (χ1) is 8.92. The number of aliphatic carboxylic acids is 1. The van der Waals surface area contributed by atoms with E-state index in [1.165, 1.54) is 12.0 Å². The van der Waals surface area contributed by atoms with Crippen LogP contribution < -0.4 is 11.1 Å². The molecule has 3 amide bonds. The molecule has 0 aromatic carbocycles. The Morgan fingerprint density at radius 2 is 2.00 bits per heavy atom. The monoisotopic (exact) mass is 277 g/mol. The summed E-state index contributed by atoms with van der Waals surface area (Å²) in [5.41, 5.74) is 4.89. The van der Waals surface area contributed by atoms with Gasteiger partial charge in [0.05, 0.1) is 19.6 Å². The van der Waals surface area contributed by atoms with Gasteiger partial charge in [-0.25, -0.2) is 9.59 Å². The summed E-state index contributed by atoms with van der Waals surface area (Å²) in [5, 5.41) is 19.8. The SMILES string of the molecule is COCCN(CCO)C(=O)NC(CC(N)=O)C(=O)O. The number of nitrogens with two attached hydrogens (primary N) is 1. The molecule has 110 valence electrons. The molecule has 19 heavy (non-hydrogen) atoms. The van der Waals surface area contributed by atoms with E-state index in [-0.39, 0.29) is 26.3 Å². The summed E-state index contributed by atoms with van der Waals surface area (Å²) in [5.74, 6) is -2.19. The molecule has 0 spiro atoms. The highest BCUT2D eigenvalue weighted by Gasteiger charge is 2.24. The predicted octanol–water partition coefficient (Wildman–Crippen LogP) is -2.03. The first-order valence-electron chi connectivity index (χ1n) is 5.58. The highest BCUT2D eigenvalue weighted by Crippen LogP contribution is 1.96. The lowest BCUT2D eigenvalue weighted by Crippen LogP contribution is -2.50. The Morgan fingerprint density at radius 3 is 2.42 bits per heavy atom. The highest BCUT2D eigenvalue weighted by molar-refractivity contribution is 5.87. The van der Waals surface area contributed by atoms with Gasteiger partial charge in [0.2, 0.25) is 5.91 Å². The van der Waals surface area contributed by atoms with Gasteiger partial charge in [-0.05, 0) is 0 Å². The molecular formula is C10H19N3O6. The lowest BCUT2D eigenvalue weighted by Gasteiger charge is -2.23. The largest absolute Gasteiger partial charge is 0.480 e. The molecule has 0 aliphatic rings. The second kappa shape index (κ2) is 9.11. The molecule has 0 fully saturated rings. The number of aliphatic hydroxyl groups excluding tert-OH is 1. The number of carboxylic acid groups (broad SMARTS) is 1. The molecule has 0 heterocycles. The number of hydrogen-bond donors (Lipinski definition) is 4. The Morgan fingerprint density at radius 1 is 1.37 bits per heavy atom. The Labute approximate surface area is 110 Å². The van der Waals surface area contributed by atoms with Gasteiger partial charge in [0.25, 0.3) is 0 Å². The van der Waals surface area contributed by atoms with Gasteiger partial charge in [0.15, 0.2) is 0 Å². The third-order valence-electron chi connectivity index (χ3n) is 2.22. The van der Waals surface area contributed by atoms with Crippen molar-refractivity contribution in [2.45, 2.75) is 12.5 Å². The molecule has 0 aliphatic carbocycles. The molecule has 0 aromatic heterocycles.